The van der Waals surface area contributed by atoms with Gasteiger partial charge in [0, 0.05) is 30.8 Å². The molecule has 2 amide bonds. The Kier molecular flexibility index (Phi) is 5.60. The van der Waals surface area contributed by atoms with E-state index in [0.717, 1.165) is 17.7 Å². The van der Waals surface area contributed by atoms with Gasteiger partial charge < -0.3 is 10.2 Å². The summed E-state index contributed by atoms with van der Waals surface area (Å²) in [7, 11) is -3.50. The van der Waals surface area contributed by atoms with E-state index >= 15 is 0 Å². The summed E-state index contributed by atoms with van der Waals surface area (Å²) in [5.74, 6) is -0.556. The Morgan fingerprint density at radius 1 is 1.15 bits per heavy atom. The van der Waals surface area contributed by atoms with Crippen molar-refractivity contribution in [3.8, 4) is 0 Å². The van der Waals surface area contributed by atoms with Crippen LogP contribution in [0.25, 0.3) is 0 Å². The van der Waals surface area contributed by atoms with Crippen LogP contribution in [0.4, 0.5) is 11.4 Å². The average Bonchev–Trinajstić information content (AvgIpc) is 3.08. The second-order valence-electron chi connectivity index (χ2n) is 6.58. The molecule has 0 aromatic heterocycles. The largest absolute Gasteiger partial charge is 0.326 e. The fourth-order valence-corrected chi connectivity index (χ4v) is 4.34. The lowest BCUT2D eigenvalue weighted by Crippen LogP contribution is -2.25. The first kappa shape index (κ1) is 19.1. The van der Waals surface area contributed by atoms with E-state index in [9.17, 15) is 18.0 Å². The van der Waals surface area contributed by atoms with Crippen molar-refractivity contribution in [2.45, 2.75) is 31.1 Å². The Hall–Kier alpha value is -2.67. The number of nitrogens with one attached hydrogen (secondary N) is 1. The molecule has 1 aliphatic rings. The molecule has 1 heterocycles. The number of hydrogen-bond donors (Lipinski definition) is 1. The number of aryl methyl sites for hydroxylation is 1. The first-order valence-electron chi connectivity index (χ1n) is 8.85. The fourth-order valence-electron chi connectivity index (χ4n) is 3.08. The van der Waals surface area contributed by atoms with Gasteiger partial charge in [0.1, 0.15) is 0 Å². The lowest BCUT2D eigenvalue weighted by atomic mass is 10.1. The van der Waals surface area contributed by atoms with E-state index < -0.39 is 9.84 Å². The maximum Gasteiger partial charge on any atom is 0.227 e. The number of benzene rings is 2. The molecule has 1 aliphatic heterocycles. The van der Waals surface area contributed by atoms with Crippen molar-refractivity contribution in [1.29, 1.82) is 0 Å². The van der Waals surface area contributed by atoms with Crippen LogP contribution in [0.15, 0.2) is 53.4 Å². The van der Waals surface area contributed by atoms with Gasteiger partial charge in [-0.25, -0.2) is 8.42 Å². The molecule has 0 unspecified atom stereocenters. The van der Waals surface area contributed by atoms with Crippen LogP contribution in [0.2, 0.25) is 0 Å². The number of sulfone groups is 1. The summed E-state index contributed by atoms with van der Waals surface area (Å²) < 4.78 is 24.5. The highest BCUT2D eigenvalue weighted by Gasteiger charge is 2.23. The molecule has 1 N–H and O–H groups in total. The highest BCUT2D eigenvalue weighted by atomic mass is 32.2. The topological polar surface area (TPSA) is 83.6 Å². The summed E-state index contributed by atoms with van der Waals surface area (Å²) in [4.78, 5) is 26.1. The van der Waals surface area contributed by atoms with Gasteiger partial charge in [-0.1, -0.05) is 24.3 Å². The Bertz CT molecular complexity index is 955. The molecule has 1 saturated heterocycles. The molecule has 0 radical (unpaired) electrons. The number of hydrogen-bond acceptors (Lipinski definition) is 4. The maximum atomic E-state index is 12.3. The van der Waals surface area contributed by atoms with Crippen LogP contribution < -0.4 is 10.2 Å². The van der Waals surface area contributed by atoms with E-state index in [-0.39, 0.29) is 28.9 Å². The van der Waals surface area contributed by atoms with E-state index in [2.05, 4.69) is 5.32 Å². The Labute approximate surface area is 159 Å². The second kappa shape index (κ2) is 7.92. The summed E-state index contributed by atoms with van der Waals surface area (Å²) in [5, 5.41) is 2.73. The quantitative estimate of drug-likeness (QED) is 0.827. The lowest BCUT2D eigenvalue weighted by molar-refractivity contribution is -0.117. The third-order valence-corrected chi connectivity index (χ3v) is 6.29. The third kappa shape index (κ3) is 4.54. The average molecular weight is 386 g/mol. The molecule has 0 bridgehead atoms. The molecular weight excluding hydrogens is 364 g/mol. The third-order valence-electron chi connectivity index (χ3n) is 4.56. The SMILES string of the molecule is Cc1ccc(NC(=O)CCS(=O)(=O)c2ccccc2)cc1N1CCCC1=O. The van der Waals surface area contributed by atoms with Gasteiger partial charge in [0.2, 0.25) is 11.8 Å². The smallest absolute Gasteiger partial charge is 0.227 e. The highest BCUT2D eigenvalue weighted by Crippen LogP contribution is 2.28. The van der Waals surface area contributed by atoms with Crippen LogP contribution in [-0.2, 0) is 19.4 Å². The summed E-state index contributed by atoms with van der Waals surface area (Å²) in [5.41, 5.74) is 2.29. The van der Waals surface area contributed by atoms with Gasteiger partial charge in [0.15, 0.2) is 9.84 Å². The van der Waals surface area contributed by atoms with Gasteiger partial charge in [-0.15, -0.1) is 0 Å². The van der Waals surface area contributed by atoms with Gasteiger partial charge in [-0.3, -0.25) is 9.59 Å². The number of anilines is 2. The van der Waals surface area contributed by atoms with Gasteiger partial charge in [0.05, 0.1) is 10.6 Å². The first-order valence-corrected chi connectivity index (χ1v) is 10.5. The number of carbonyl (C=O) groups excluding carboxylic acids is 2. The summed E-state index contributed by atoms with van der Waals surface area (Å²) in [6, 6.07) is 13.5. The standard InChI is InChI=1S/C20H22N2O4S/c1-15-9-10-16(14-18(15)22-12-5-8-20(22)24)21-19(23)11-13-27(25,26)17-6-3-2-4-7-17/h2-4,6-7,9-10,14H,5,8,11-13H2,1H3,(H,21,23). The second-order valence-corrected chi connectivity index (χ2v) is 8.69. The summed E-state index contributed by atoms with van der Waals surface area (Å²) >= 11 is 0. The molecule has 0 atom stereocenters. The van der Waals surface area contributed by atoms with Crippen LogP contribution in [0.5, 0.6) is 0 Å². The molecule has 0 spiro atoms. The van der Waals surface area contributed by atoms with E-state index in [1.165, 1.54) is 12.1 Å². The van der Waals surface area contributed by atoms with Crippen molar-refractivity contribution in [3.05, 3.63) is 54.1 Å². The number of nitrogens with zero attached hydrogens (tertiary/aromatic N) is 1. The first-order chi connectivity index (χ1) is 12.9. The van der Waals surface area contributed by atoms with E-state index in [4.69, 9.17) is 0 Å². The minimum Gasteiger partial charge on any atom is -0.326 e. The van der Waals surface area contributed by atoms with Crippen molar-refractivity contribution in [2.75, 3.05) is 22.5 Å². The fraction of sp³-hybridized carbons (Fsp3) is 0.300. The van der Waals surface area contributed by atoms with E-state index in [1.807, 2.05) is 13.0 Å². The Morgan fingerprint density at radius 3 is 2.56 bits per heavy atom. The van der Waals surface area contributed by atoms with E-state index in [0.29, 0.717) is 18.7 Å². The van der Waals surface area contributed by atoms with Crippen LogP contribution in [0.1, 0.15) is 24.8 Å². The lowest BCUT2D eigenvalue weighted by Gasteiger charge is -2.19. The normalized spacial score (nSPS) is 14.4. The highest BCUT2D eigenvalue weighted by molar-refractivity contribution is 7.91. The van der Waals surface area contributed by atoms with Crippen molar-refractivity contribution in [3.63, 3.8) is 0 Å². The van der Waals surface area contributed by atoms with Gasteiger partial charge in [-0.05, 0) is 43.2 Å². The van der Waals surface area contributed by atoms with Crippen LogP contribution in [0.3, 0.4) is 0 Å². The number of carbonyl (C=O) groups is 2. The summed E-state index contributed by atoms with van der Waals surface area (Å²) in [6.07, 6.45) is 1.22. The van der Waals surface area contributed by atoms with Crippen molar-refractivity contribution >= 4 is 33.0 Å². The zero-order valence-corrected chi connectivity index (χ0v) is 16.0. The molecule has 1 fully saturated rings. The minimum atomic E-state index is -3.50. The number of amides is 2. The Morgan fingerprint density at radius 2 is 1.89 bits per heavy atom. The molecule has 142 valence electrons. The van der Waals surface area contributed by atoms with Gasteiger partial charge in [0.25, 0.3) is 0 Å². The molecule has 7 heteroatoms. The molecule has 2 aromatic carbocycles. The maximum absolute atomic E-state index is 12.3. The van der Waals surface area contributed by atoms with Crippen molar-refractivity contribution in [1.82, 2.24) is 0 Å². The summed E-state index contributed by atoms with van der Waals surface area (Å²) in [6.45, 7) is 2.59. The van der Waals surface area contributed by atoms with Gasteiger partial charge in [-0.2, -0.15) is 0 Å². The predicted octanol–water partition coefficient (Wildman–Crippen LogP) is 2.92. The van der Waals surface area contributed by atoms with Crippen LogP contribution in [0, 0.1) is 6.92 Å². The van der Waals surface area contributed by atoms with Crippen molar-refractivity contribution in [2.24, 2.45) is 0 Å². The van der Waals surface area contributed by atoms with E-state index in [1.54, 1.807) is 35.2 Å². The Balaban J connectivity index is 1.65. The minimum absolute atomic E-state index is 0.0792. The molecule has 0 aliphatic carbocycles. The number of rotatable bonds is 6. The van der Waals surface area contributed by atoms with Gasteiger partial charge >= 0.3 is 0 Å². The molecule has 6 nitrogen and oxygen atoms in total. The molecular formula is C20H22N2O4S. The van der Waals surface area contributed by atoms with Crippen molar-refractivity contribution < 1.29 is 18.0 Å². The van der Waals surface area contributed by atoms with Crippen LogP contribution >= 0.6 is 0 Å². The van der Waals surface area contributed by atoms with Crippen LogP contribution in [-0.4, -0.2) is 32.5 Å². The zero-order chi connectivity index (χ0) is 19.4. The molecule has 2 aromatic rings. The predicted molar refractivity (Wildman–Crippen MR) is 105 cm³/mol. The zero-order valence-electron chi connectivity index (χ0n) is 15.1. The monoisotopic (exact) mass is 386 g/mol. The molecule has 3 rings (SSSR count). The molecule has 0 saturated carbocycles. The molecule has 27 heavy (non-hydrogen) atoms.